The lowest BCUT2D eigenvalue weighted by atomic mass is 9.75. The molecule has 0 atom stereocenters. The molecule has 0 spiro atoms. The predicted octanol–water partition coefficient (Wildman–Crippen LogP) is 7.16. The summed E-state index contributed by atoms with van der Waals surface area (Å²) in [6.45, 7) is 0.701. The summed E-state index contributed by atoms with van der Waals surface area (Å²) in [4.78, 5) is 16.6. The Morgan fingerprint density at radius 3 is 2.19 bits per heavy atom. The molecule has 4 nitrogen and oxygen atoms in total. The van der Waals surface area contributed by atoms with Gasteiger partial charge < -0.3 is 15.3 Å². The van der Waals surface area contributed by atoms with Crippen molar-refractivity contribution in [3.63, 3.8) is 0 Å². The Kier molecular flexibility index (Phi) is 9.94. The van der Waals surface area contributed by atoms with Gasteiger partial charge in [-0.2, -0.15) is 0 Å². The maximum absolute atomic E-state index is 12.3. The number of thiazole rings is 1. The quantitative estimate of drug-likeness (QED) is 0.127. The number of unbranched alkanes of at least 4 members (excludes halogenated alkanes) is 2. The van der Waals surface area contributed by atoms with Crippen LogP contribution in [0.1, 0.15) is 42.4 Å². The van der Waals surface area contributed by atoms with Gasteiger partial charge in [-0.1, -0.05) is 85.3 Å². The predicted molar refractivity (Wildman–Crippen MR) is 156 cm³/mol. The minimum atomic E-state index is -0.477. The van der Waals surface area contributed by atoms with E-state index in [4.69, 9.17) is 10.5 Å². The molecule has 1 heterocycles. The monoisotopic (exact) mass is 530 g/mol. The highest BCUT2D eigenvalue weighted by molar-refractivity contribution is 8.00. The molecule has 0 amide bonds. The van der Waals surface area contributed by atoms with E-state index in [2.05, 4.69) is 41.4 Å². The van der Waals surface area contributed by atoms with Gasteiger partial charge in [-0.25, -0.2) is 4.98 Å². The van der Waals surface area contributed by atoms with Crippen molar-refractivity contribution in [2.45, 2.75) is 41.9 Å². The molecule has 3 aromatic carbocycles. The van der Waals surface area contributed by atoms with Crippen LogP contribution in [0.2, 0.25) is 0 Å². The fraction of sp³-hybridized carbons (Fsp3) is 0.290. The highest BCUT2D eigenvalue weighted by Gasteiger charge is 2.42. The van der Waals surface area contributed by atoms with Crippen molar-refractivity contribution < 1.29 is 9.53 Å². The number of hydrogen-bond acceptors (Lipinski definition) is 6. The van der Waals surface area contributed by atoms with E-state index in [0.29, 0.717) is 6.54 Å². The van der Waals surface area contributed by atoms with Crippen molar-refractivity contribution in [2.24, 2.45) is 5.73 Å². The molecular weight excluding hydrogens is 496 g/mol. The van der Waals surface area contributed by atoms with Gasteiger partial charge in [-0.05, 0) is 65.8 Å². The molecule has 0 fully saturated rings. The van der Waals surface area contributed by atoms with Crippen LogP contribution in [0.15, 0.2) is 88.7 Å². The maximum atomic E-state index is 12.3. The lowest BCUT2D eigenvalue weighted by Gasteiger charge is -2.25. The number of rotatable bonds is 11. The first-order valence-corrected chi connectivity index (χ1v) is 14.6. The molecule has 37 heavy (non-hydrogen) atoms. The first-order chi connectivity index (χ1) is 18.2. The van der Waals surface area contributed by atoms with Gasteiger partial charge in [0.1, 0.15) is 16.4 Å². The van der Waals surface area contributed by atoms with Gasteiger partial charge in [0, 0.05) is 17.3 Å². The van der Waals surface area contributed by atoms with Gasteiger partial charge in [0.2, 0.25) is 0 Å². The van der Waals surface area contributed by atoms with E-state index in [1.54, 1.807) is 18.4 Å². The van der Waals surface area contributed by atoms with E-state index in [9.17, 15) is 4.79 Å². The average molecular weight is 531 g/mol. The van der Waals surface area contributed by atoms with Crippen LogP contribution in [0, 0.1) is 0 Å². The number of benzene rings is 3. The second kappa shape index (κ2) is 13.6. The minimum Gasteiger partial charge on any atom is -0.497 e. The first-order valence-electron chi connectivity index (χ1n) is 12.7. The van der Waals surface area contributed by atoms with E-state index < -0.39 is 5.41 Å². The van der Waals surface area contributed by atoms with E-state index in [1.807, 2.05) is 59.7 Å². The molecule has 1 aliphatic carbocycles. The van der Waals surface area contributed by atoms with Gasteiger partial charge in [0.25, 0.3) is 0 Å². The number of hydrogen-bond donors (Lipinski definition) is 1. The number of nitrogens with two attached hydrogens (primary N) is 1. The largest absolute Gasteiger partial charge is 0.497 e. The molecular formula is C31H34N2O2S2. The summed E-state index contributed by atoms with van der Waals surface area (Å²) >= 11 is 3.53. The SMILES string of the molecule is COc1ccc(CCN)cc1.O=CC1(CCCCCSc2nccs2)c2ccccc2-c2ccccc21. The highest BCUT2D eigenvalue weighted by Crippen LogP contribution is 2.50. The van der Waals surface area contributed by atoms with Crippen molar-refractivity contribution in [1.82, 2.24) is 4.98 Å². The number of aromatic nitrogens is 1. The van der Waals surface area contributed by atoms with Crippen LogP contribution in [0.4, 0.5) is 0 Å². The molecule has 2 N–H and O–H groups in total. The number of carbonyl (C=O) groups excluding carboxylic acids is 1. The normalized spacial score (nSPS) is 12.7. The zero-order valence-corrected chi connectivity index (χ0v) is 22.9. The third kappa shape index (κ3) is 6.50. The van der Waals surface area contributed by atoms with Gasteiger partial charge in [-0.3, -0.25) is 0 Å². The Balaban J connectivity index is 0.000000245. The van der Waals surface area contributed by atoms with E-state index >= 15 is 0 Å². The van der Waals surface area contributed by atoms with E-state index in [1.165, 1.54) is 34.1 Å². The average Bonchev–Trinajstić information content (AvgIpc) is 3.57. The number of methoxy groups -OCH3 is 1. The summed E-state index contributed by atoms with van der Waals surface area (Å²) in [7, 11) is 1.66. The van der Waals surface area contributed by atoms with Crippen LogP contribution < -0.4 is 10.5 Å². The lowest BCUT2D eigenvalue weighted by molar-refractivity contribution is -0.111. The standard InChI is InChI=1S/C22H21NOS2.C9H13NO/c24-16-22(12-6-1-7-14-25-21-23-13-15-26-21)19-10-4-2-8-17(19)18-9-3-5-11-20(18)22;1-11-9-4-2-8(3-5-9)6-7-10/h2-5,8-11,13,15-16H,1,6-7,12,14H2;2-5H,6-7,10H2,1H3. The van der Waals surface area contributed by atoms with Crippen molar-refractivity contribution in [3.8, 4) is 16.9 Å². The van der Waals surface area contributed by atoms with Crippen LogP contribution in [0.5, 0.6) is 5.75 Å². The summed E-state index contributed by atoms with van der Waals surface area (Å²) in [6.07, 6.45) is 8.20. The van der Waals surface area contributed by atoms with Crippen molar-refractivity contribution in [2.75, 3.05) is 19.4 Å². The first kappa shape index (κ1) is 27.1. The number of aldehydes is 1. The Labute approximate surface area is 228 Å². The summed E-state index contributed by atoms with van der Waals surface area (Å²) in [5.41, 5.74) is 11.0. The number of nitrogens with zero attached hydrogens (tertiary/aromatic N) is 1. The van der Waals surface area contributed by atoms with Gasteiger partial charge in [0.15, 0.2) is 0 Å². The second-order valence-electron chi connectivity index (χ2n) is 9.02. The molecule has 4 aromatic rings. The van der Waals surface area contributed by atoms with Crippen molar-refractivity contribution >= 4 is 29.4 Å². The van der Waals surface area contributed by atoms with E-state index in [-0.39, 0.29) is 0 Å². The van der Waals surface area contributed by atoms with Crippen LogP contribution in [-0.2, 0) is 16.6 Å². The molecule has 5 rings (SSSR count). The fourth-order valence-electron chi connectivity index (χ4n) is 4.90. The van der Waals surface area contributed by atoms with Gasteiger partial charge in [-0.15, -0.1) is 11.3 Å². The summed E-state index contributed by atoms with van der Waals surface area (Å²) in [5, 5.41) is 2.02. The number of thioether (sulfide) groups is 1. The lowest BCUT2D eigenvalue weighted by Crippen LogP contribution is -2.27. The van der Waals surface area contributed by atoms with Crippen LogP contribution in [0.3, 0.4) is 0 Å². The molecule has 0 saturated heterocycles. The van der Waals surface area contributed by atoms with Gasteiger partial charge in [0.05, 0.1) is 12.5 Å². The fourth-order valence-corrected chi connectivity index (χ4v) is 6.60. The molecule has 0 saturated carbocycles. The van der Waals surface area contributed by atoms with Crippen LogP contribution in [0.25, 0.3) is 11.1 Å². The molecule has 6 heteroatoms. The summed E-state index contributed by atoms with van der Waals surface area (Å²) in [5.74, 6) is 1.99. The highest BCUT2D eigenvalue weighted by atomic mass is 32.2. The summed E-state index contributed by atoms with van der Waals surface area (Å²) < 4.78 is 6.16. The van der Waals surface area contributed by atoms with Crippen LogP contribution in [-0.4, -0.2) is 30.7 Å². The second-order valence-corrected chi connectivity index (χ2v) is 11.3. The third-order valence-electron chi connectivity index (χ3n) is 6.75. The molecule has 0 aliphatic heterocycles. The zero-order valence-electron chi connectivity index (χ0n) is 21.3. The van der Waals surface area contributed by atoms with Crippen molar-refractivity contribution in [1.29, 1.82) is 0 Å². The molecule has 1 aromatic heterocycles. The molecule has 0 bridgehead atoms. The Hall–Kier alpha value is -2.93. The van der Waals surface area contributed by atoms with E-state index in [0.717, 1.165) is 47.9 Å². The third-order valence-corrected chi connectivity index (χ3v) is 8.80. The van der Waals surface area contributed by atoms with Gasteiger partial charge >= 0.3 is 0 Å². The Bertz CT molecular complexity index is 1210. The smallest absolute Gasteiger partial charge is 0.149 e. The van der Waals surface area contributed by atoms with Crippen molar-refractivity contribution in [3.05, 3.63) is 101 Å². The Morgan fingerprint density at radius 1 is 0.946 bits per heavy atom. The minimum absolute atomic E-state index is 0.477. The Morgan fingerprint density at radius 2 is 1.62 bits per heavy atom. The molecule has 1 aliphatic rings. The number of ether oxygens (including phenoxy) is 1. The molecule has 0 radical (unpaired) electrons. The maximum Gasteiger partial charge on any atom is 0.149 e. The zero-order chi connectivity index (χ0) is 25.9. The topological polar surface area (TPSA) is 65.2 Å². The molecule has 0 unspecified atom stereocenters. The van der Waals surface area contributed by atoms with Crippen LogP contribution >= 0.6 is 23.1 Å². The molecule has 192 valence electrons. The number of fused-ring (bicyclic) bond motifs is 3. The number of carbonyl (C=O) groups is 1. The summed E-state index contributed by atoms with van der Waals surface area (Å²) in [6, 6.07) is 24.7.